The zero-order chi connectivity index (χ0) is 15.5. The predicted octanol–water partition coefficient (Wildman–Crippen LogP) is 3.01. The van der Waals surface area contributed by atoms with Crippen LogP contribution in [0, 0.1) is 5.82 Å². The first-order valence-corrected chi connectivity index (χ1v) is 8.57. The fourth-order valence-corrected chi connectivity index (χ4v) is 2.66. The molecule has 20 heavy (non-hydrogen) atoms. The van der Waals surface area contributed by atoms with E-state index in [1.54, 1.807) is 4.90 Å². The van der Waals surface area contributed by atoms with E-state index in [2.05, 4.69) is 0 Å². The van der Waals surface area contributed by atoms with Gasteiger partial charge in [0.1, 0.15) is 5.82 Å². The van der Waals surface area contributed by atoms with Crippen molar-refractivity contribution in [2.24, 2.45) is 0 Å². The zero-order valence-corrected chi connectivity index (χ0v) is 13.1. The fourth-order valence-electron chi connectivity index (χ4n) is 1.87. The minimum Gasteiger partial charge on any atom is -0.336 e. The molecule has 0 saturated heterocycles. The van der Waals surface area contributed by atoms with Crippen molar-refractivity contribution in [3.8, 4) is 0 Å². The van der Waals surface area contributed by atoms with Crippen LogP contribution < -0.4 is 0 Å². The van der Waals surface area contributed by atoms with Crippen molar-refractivity contribution in [3.05, 3.63) is 29.6 Å². The average Bonchev–Trinajstić information content (AvgIpc) is 2.37. The van der Waals surface area contributed by atoms with Gasteiger partial charge in [-0.15, -0.1) is 0 Å². The Kier molecular flexibility index (Phi) is 5.53. The van der Waals surface area contributed by atoms with E-state index in [1.807, 2.05) is 20.8 Å². The molecule has 0 N–H and O–H groups in total. The summed E-state index contributed by atoms with van der Waals surface area (Å²) in [5.41, 5.74) is -0.0219. The SMILES string of the molecule is CCC(C)N(CC)C(=O)c1cc(F)cc(S(=O)(=O)Cl)c1. The minimum atomic E-state index is -4.08. The van der Waals surface area contributed by atoms with Crippen molar-refractivity contribution >= 4 is 25.6 Å². The molecule has 0 aliphatic rings. The lowest BCUT2D eigenvalue weighted by Gasteiger charge is -2.27. The van der Waals surface area contributed by atoms with Gasteiger partial charge in [-0.25, -0.2) is 12.8 Å². The van der Waals surface area contributed by atoms with E-state index in [4.69, 9.17) is 10.7 Å². The summed E-state index contributed by atoms with van der Waals surface area (Å²) in [7, 11) is 1.11. The van der Waals surface area contributed by atoms with Gasteiger partial charge in [0.05, 0.1) is 4.90 Å². The lowest BCUT2D eigenvalue weighted by atomic mass is 10.1. The van der Waals surface area contributed by atoms with Gasteiger partial charge >= 0.3 is 0 Å². The van der Waals surface area contributed by atoms with Crippen LogP contribution in [-0.4, -0.2) is 31.8 Å². The third kappa shape index (κ3) is 3.93. The summed E-state index contributed by atoms with van der Waals surface area (Å²) in [6.07, 6.45) is 0.746. The molecule has 1 atom stereocenters. The number of hydrogen-bond donors (Lipinski definition) is 0. The number of rotatable bonds is 5. The van der Waals surface area contributed by atoms with Crippen LogP contribution in [-0.2, 0) is 9.05 Å². The smallest absolute Gasteiger partial charge is 0.261 e. The van der Waals surface area contributed by atoms with E-state index in [9.17, 15) is 17.6 Å². The molecule has 0 bridgehead atoms. The normalized spacial score (nSPS) is 13.1. The highest BCUT2D eigenvalue weighted by Gasteiger charge is 2.22. The lowest BCUT2D eigenvalue weighted by molar-refractivity contribution is 0.0699. The molecule has 4 nitrogen and oxygen atoms in total. The van der Waals surface area contributed by atoms with Crippen molar-refractivity contribution < 1.29 is 17.6 Å². The summed E-state index contributed by atoms with van der Waals surface area (Å²) in [4.78, 5) is 13.5. The first kappa shape index (κ1) is 16.9. The predicted molar refractivity (Wildman–Crippen MR) is 75.9 cm³/mol. The Bertz CT molecular complexity index is 604. The van der Waals surface area contributed by atoms with Gasteiger partial charge in [0.2, 0.25) is 0 Å². The Labute approximate surface area is 123 Å². The van der Waals surface area contributed by atoms with E-state index < -0.39 is 25.7 Å². The van der Waals surface area contributed by atoms with Crippen LogP contribution in [0.5, 0.6) is 0 Å². The largest absolute Gasteiger partial charge is 0.336 e. The second-order valence-electron chi connectivity index (χ2n) is 4.46. The number of nitrogens with zero attached hydrogens (tertiary/aromatic N) is 1. The lowest BCUT2D eigenvalue weighted by Crippen LogP contribution is -2.38. The van der Waals surface area contributed by atoms with Crippen LogP contribution in [0.25, 0.3) is 0 Å². The van der Waals surface area contributed by atoms with Crippen molar-refractivity contribution in [1.29, 1.82) is 0 Å². The maximum absolute atomic E-state index is 13.5. The van der Waals surface area contributed by atoms with Crippen LogP contribution in [0.4, 0.5) is 4.39 Å². The number of carbonyl (C=O) groups is 1. The fraction of sp³-hybridized carbons (Fsp3) is 0.462. The molecule has 1 aromatic rings. The van der Waals surface area contributed by atoms with Gasteiger partial charge in [-0.3, -0.25) is 4.79 Å². The summed E-state index contributed by atoms with van der Waals surface area (Å²) in [5, 5.41) is 0. The Morgan fingerprint density at radius 3 is 2.40 bits per heavy atom. The third-order valence-electron chi connectivity index (χ3n) is 3.12. The molecule has 112 valence electrons. The second kappa shape index (κ2) is 6.54. The molecular weight excluding hydrogens is 305 g/mol. The summed E-state index contributed by atoms with van der Waals surface area (Å²) in [6.45, 7) is 6.07. The molecule has 1 unspecified atom stereocenters. The van der Waals surface area contributed by atoms with Gasteiger partial charge in [-0.05, 0) is 38.5 Å². The van der Waals surface area contributed by atoms with Gasteiger partial charge in [-0.2, -0.15) is 0 Å². The third-order valence-corrected chi connectivity index (χ3v) is 4.46. The quantitative estimate of drug-likeness (QED) is 0.783. The van der Waals surface area contributed by atoms with Crippen LogP contribution >= 0.6 is 10.7 Å². The van der Waals surface area contributed by atoms with Gasteiger partial charge in [-0.1, -0.05) is 6.92 Å². The van der Waals surface area contributed by atoms with E-state index in [0.29, 0.717) is 6.54 Å². The zero-order valence-electron chi connectivity index (χ0n) is 11.6. The molecule has 0 spiro atoms. The van der Waals surface area contributed by atoms with E-state index in [0.717, 1.165) is 24.6 Å². The second-order valence-corrected chi connectivity index (χ2v) is 7.03. The van der Waals surface area contributed by atoms with E-state index >= 15 is 0 Å². The molecule has 0 heterocycles. The van der Waals surface area contributed by atoms with E-state index in [-0.39, 0.29) is 11.6 Å². The number of hydrogen-bond acceptors (Lipinski definition) is 3. The Hall–Kier alpha value is -1.14. The van der Waals surface area contributed by atoms with Gasteiger partial charge < -0.3 is 4.90 Å². The molecule has 1 rings (SSSR count). The van der Waals surface area contributed by atoms with Crippen molar-refractivity contribution in [1.82, 2.24) is 4.90 Å². The number of amides is 1. The van der Waals surface area contributed by atoms with Crippen LogP contribution in [0.1, 0.15) is 37.6 Å². The minimum absolute atomic E-state index is 0.0215. The van der Waals surface area contributed by atoms with Gasteiger partial charge in [0.25, 0.3) is 15.0 Å². The van der Waals surface area contributed by atoms with Crippen LogP contribution in [0.15, 0.2) is 23.1 Å². The number of carbonyl (C=O) groups excluding carboxylic acids is 1. The number of halogens is 2. The molecule has 7 heteroatoms. The molecule has 0 aliphatic carbocycles. The van der Waals surface area contributed by atoms with E-state index in [1.165, 1.54) is 0 Å². The number of benzene rings is 1. The maximum Gasteiger partial charge on any atom is 0.261 e. The Morgan fingerprint density at radius 1 is 1.35 bits per heavy atom. The summed E-state index contributed by atoms with van der Waals surface area (Å²) >= 11 is 0. The average molecular weight is 322 g/mol. The first-order valence-electron chi connectivity index (χ1n) is 6.26. The Balaban J connectivity index is 3.26. The highest BCUT2D eigenvalue weighted by Crippen LogP contribution is 2.20. The monoisotopic (exact) mass is 321 g/mol. The Morgan fingerprint density at radius 2 is 1.95 bits per heavy atom. The van der Waals surface area contributed by atoms with Gasteiger partial charge in [0, 0.05) is 28.8 Å². The molecule has 1 aromatic carbocycles. The molecule has 0 fully saturated rings. The van der Waals surface area contributed by atoms with Crippen molar-refractivity contribution in [3.63, 3.8) is 0 Å². The molecule has 0 aromatic heterocycles. The van der Waals surface area contributed by atoms with Crippen molar-refractivity contribution in [2.75, 3.05) is 6.54 Å². The molecular formula is C13H17ClFNO3S. The summed E-state index contributed by atoms with van der Waals surface area (Å²) < 4.78 is 36.0. The summed E-state index contributed by atoms with van der Waals surface area (Å²) in [6, 6.07) is 2.88. The molecule has 0 aliphatic heterocycles. The topological polar surface area (TPSA) is 54.5 Å². The summed E-state index contributed by atoms with van der Waals surface area (Å²) in [5.74, 6) is -1.22. The van der Waals surface area contributed by atoms with Crippen molar-refractivity contribution in [2.45, 2.75) is 38.1 Å². The van der Waals surface area contributed by atoms with Crippen LogP contribution in [0.3, 0.4) is 0 Å². The molecule has 1 amide bonds. The molecule has 0 saturated carbocycles. The van der Waals surface area contributed by atoms with Gasteiger partial charge in [0.15, 0.2) is 0 Å². The maximum atomic E-state index is 13.5. The highest BCUT2D eigenvalue weighted by atomic mass is 35.7. The van der Waals surface area contributed by atoms with Crippen LogP contribution in [0.2, 0.25) is 0 Å². The standard InChI is InChI=1S/C13H17ClFNO3S/c1-4-9(3)16(5-2)13(17)10-6-11(15)8-12(7-10)20(14,18)19/h6-9H,4-5H2,1-3H3. The highest BCUT2D eigenvalue weighted by molar-refractivity contribution is 8.13. The molecule has 0 radical (unpaired) electrons. The first-order chi connectivity index (χ1) is 9.20.